The molecule has 0 atom stereocenters. The number of halogens is 3. The number of pyridine rings is 1. The molecule has 0 bridgehead atoms. The largest absolute Gasteiger partial charge is 0.393 e. The van der Waals surface area contributed by atoms with Crippen LogP contribution in [-0.4, -0.2) is 38.7 Å². The van der Waals surface area contributed by atoms with Gasteiger partial charge in [-0.1, -0.05) is 24.3 Å². The van der Waals surface area contributed by atoms with Crippen LogP contribution in [0.5, 0.6) is 0 Å². The number of piperidine rings is 1. The second-order valence-corrected chi connectivity index (χ2v) is 7.51. The van der Waals surface area contributed by atoms with Crippen molar-refractivity contribution < 1.29 is 13.2 Å². The van der Waals surface area contributed by atoms with Crippen molar-refractivity contribution in [3.8, 4) is 11.4 Å². The minimum atomic E-state index is -4.19. The maximum atomic E-state index is 12.6. The van der Waals surface area contributed by atoms with Crippen LogP contribution in [0, 0.1) is 0 Å². The fourth-order valence-corrected chi connectivity index (χ4v) is 3.94. The van der Waals surface area contributed by atoms with Gasteiger partial charge < -0.3 is 4.57 Å². The highest BCUT2D eigenvalue weighted by atomic mass is 19.4. The van der Waals surface area contributed by atoms with Crippen molar-refractivity contribution in [1.29, 1.82) is 0 Å². The summed E-state index contributed by atoms with van der Waals surface area (Å²) in [6, 6.07) is 11.0. The summed E-state index contributed by atoms with van der Waals surface area (Å²) >= 11 is 0. The second kappa shape index (κ2) is 8.37. The van der Waals surface area contributed by atoms with Crippen LogP contribution in [0.25, 0.3) is 11.4 Å². The minimum absolute atomic E-state index is 0.267. The molecular formula is C22H23F3N4. The monoisotopic (exact) mass is 400 g/mol. The predicted octanol–water partition coefficient (Wildman–Crippen LogP) is 4.89. The van der Waals surface area contributed by atoms with Crippen molar-refractivity contribution in [2.75, 3.05) is 13.1 Å². The van der Waals surface area contributed by atoms with Gasteiger partial charge in [-0.25, -0.2) is 4.98 Å². The number of benzene rings is 1. The lowest BCUT2D eigenvalue weighted by Crippen LogP contribution is -2.34. The molecule has 1 saturated heterocycles. The van der Waals surface area contributed by atoms with Gasteiger partial charge in [-0.05, 0) is 36.1 Å². The first-order valence-corrected chi connectivity index (χ1v) is 9.78. The number of hydrogen-bond donors (Lipinski definition) is 0. The molecule has 0 saturated carbocycles. The third kappa shape index (κ3) is 5.03. The molecule has 0 aliphatic carbocycles. The second-order valence-electron chi connectivity index (χ2n) is 7.51. The molecule has 0 spiro atoms. The van der Waals surface area contributed by atoms with Crippen LogP contribution >= 0.6 is 0 Å². The fraction of sp³-hybridized carbons (Fsp3) is 0.364. The minimum Gasteiger partial charge on any atom is -0.328 e. The van der Waals surface area contributed by atoms with Crippen LogP contribution in [0.1, 0.15) is 30.0 Å². The Hall–Kier alpha value is -2.67. The summed E-state index contributed by atoms with van der Waals surface area (Å²) in [7, 11) is 0. The lowest BCUT2D eigenvalue weighted by atomic mass is 10.0. The SMILES string of the molecule is FC(F)(F)Cc1ccc(-c2nccn2C2CCN(Cc3ccncc3)CC2)cc1. The number of aromatic nitrogens is 3. The first-order valence-electron chi connectivity index (χ1n) is 9.78. The van der Waals surface area contributed by atoms with Gasteiger partial charge in [0.15, 0.2) is 0 Å². The number of nitrogens with zero attached hydrogens (tertiary/aromatic N) is 4. The molecular weight excluding hydrogens is 377 g/mol. The molecule has 1 aliphatic rings. The van der Waals surface area contributed by atoms with Crippen molar-refractivity contribution >= 4 is 0 Å². The Bertz CT molecular complexity index is 911. The summed E-state index contributed by atoms with van der Waals surface area (Å²) in [6.07, 6.45) is 4.31. The Labute approximate surface area is 168 Å². The predicted molar refractivity (Wildman–Crippen MR) is 105 cm³/mol. The number of hydrogen-bond acceptors (Lipinski definition) is 3. The van der Waals surface area contributed by atoms with E-state index in [9.17, 15) is 13.2 Å². The topological polar surface area (TPSA) is 34.0 Å². The molecule has 0 N–H and O–H groups in total. The van der Waals surface area contributed by atoms with Crippen LogP contribution in [0.2, 0.25) is 0 Å². The molecule has 4 rings (SSSR count). The van der Waals surface area contributed by atoms with Crippen LogP contribution in [0.15, 0.2) is 61.2 Å². The fourth-order valence-electron chi connectivity index (χ4n) is 3.94. The van der Waals surface area contributed by atoms with Crippen molar-refractivity contribution in [3.63, 3.8) is 0 Å². The number of alkyl halides is 3. The van der Waals surface area contributed by atoms with E-state index in [1.807, 2.05) is 30.7 Å². The number of imidazole rings is 1. The number of likely N-dealkylation sites (tertiary alicyclic amines) is 1. The molecule has 152 valence electrons. The van der Waals surface area contributed by atoms with E-state index in [-0.39, 0.29) is 5.56 Å². The highest BCUT2D eigenvalue weighted by Crippen LogP contribution is 2.29. The van der Waals surface area contributed by atoms with E-state index in [4.69, 9.17) is 0 Å². The molecule has 0 unspecified atom stereocenters. The Morgan fingerprint density at radius 2 is 1.59 bits per heavy atom. The molecule has 3 aromatic rings. The molecule has 1 aromatic carbocycles. The summed E-state index contributed by atoms with van der Waals surface area (Å²) in [5.74, 6) is 0.816. The Morgan fingerprint density at radius 1 is 0.897 bits per heavy atom. The quantitative estimate of drug-likeness (QED) is 0.612. The average molecular weight is 400 g/mol. The van der Waals surface area contributed by atoms with Gasteiger partial charge in [0, 0.05) is 56.0 Å². The molecule has 1 fully saturated rings. The first-order chi connectivity index (χ1) is 14.0. The van der Waals surface area contributed by atoms with Gasteiger partial charge in [0.25, 0.3) is 0 Å². The molecule has 7 heteroatoms. The molecule has 1 aliphatic heterocycles. The zero-order chi connectivity index (χ0) is 20.3. The number of rotatable bonds is 5. The third-order valence-electron chi connectivity index (χ3n) is 5.39. The van der Waals surface area contributed by atoms with E-state index in [1.54, 1.807) is 30.5 Å². The van der Waals surface area contributed by atoms with E-state index >= 15 is 0 Å². The van der Waals surface area contributed by atoms with E-state index in [1.165, 1.54) is 5.56 Å². The van der Waals surface area contributed by atoms with Crippen LogP contribution in [0.4, 0.5) is 13.2 Å². The van der Waals surface area contributed by atoms with E-state index in [0.717, 1.165) is 43.9 Å². The molecule has 29 heavy (non-hydrogen) atoms. The molecule has 0 amide bonds. The van der Waals surface area contributed by atoms with Crippen LogP contribution in [-0.2, 0) is 13.0 Å². The maximum absolute atomic E-state index is 12.6. The highest BCUT2D eigenvalue weighted by Gasteiger charge is 2.27. The van der Waals surface area contributed by atoms with Gasteiger partial charge in [-0.3, -0.25) is 9.88 Å². The van der Waals surface area contributed by atoms with Crippen LogP contribution in [0.3, 0.4) is 0 Å². The summed E-state index contributed by atoms with van der Waals surface area (Å²) < 4.78 is 39.9. The third-order valence-corrected chi connectivity index (χ3v) is 5.39. The zero-order valence-corrected chi connectivity index (χ0v) is 16.0. The Kier molecular flexibility index (Phi) is 5.67. The van der Waals surface area contributed by atoms with Crippen LogP contribution < -0.4 is 0 Å². The standard InChI is InChI=1S/C22H23F3N4/c23-22(24,25)15-17-1-3-19(4-2-17)21-27-11-14-29(21)20-7-12-28(13-8-20)16-18-5-9-26-10-6-18/h1-6,9-11,14,20H,7-8,12-13,15-16H2. The molecule has 3 heterocycles. The van der Waals surface area contributed by atoms with Gasteiger partial charge >= 0.3 is 6.18 Å². The Morgan fingerprint density at radius 3 is 2.24 bits per heavy atom. The summed E-state index contributed by atoms with van der Waals surface area (Å²) in [6.45, 7) is 2.91. The van der Waals surface area contributed by atoms with Gasteiger partial charge in [-0.15, -0.1) is 0 Å². The van der Waals surface area contributed by atoms with Crippen molar-refractivity contribution in [3.05, 3.63) is 72.3 Å². The van der Waals surface area contributed by atoms with Crippen molar-refractivity contribution in [2.24, 2.45) is 0 Å². The van der Waals surface area contributed by atoms with Gasteiger partial charge in [0.2, 0.25) is 0 Å². The highest BCUT2D eigenvalue weighted by molar-refractivity contribution is 5.56. The summed E-state index contributed by atoms with van der Waals surface area (Å²) in [5, 5.41) is 0. The van der Waals surface area contributed by atoms with Gasteiger partial charge in [0.1, 0.15) is 5.82 Å². The molecule has 4 nitrogen and oxygen atoms in total. The summed E-state index contributed by atoms with van der Waals surface area (Å²) in [4.78, 5) is 11.0. The average Bonchev–Trinajstić information content (AvgIpc) is 3.19. The summed E-state index contributed by atoms with van der Waals surface area (Å²) in [5.41, 5.74) is 2.38. The zero-order valence-electron chi connectivity index (χ0n) is 16.0. The first kappa shape index (κ1) is 19.6. The normalized spacial score (nSPS) is 16.2. The van der Waals surface area contributed by atoms with Crippen molar-refractivity contribution in [1.82, 2.24) is 19.4 Å². The molecule has 2 aromatic heterocycles. The lowest BCUT2D eigenvalue weighted by molar-refractivity contribution is -0.127. The van der Waals surface area contributed by atoms with E-state index < -0.39 is 12.6 Å². The van der Waals surface area contributed by atoms with Crippen molar-refractivity contribution in [2.45, 2.75) is 38.0 Å². The lowest BCUT2D eigenvalue weighted by Gasteiger charge is -2.33. The van der Waals surface area contributed by atoms with E-state index in [0.29, 0.717) is 6.04 Å². The van der Waals surface area contributed by atoms with E-state index in [2.05, 4.69) is 19.4 Å². The maximum Gasteiger partial charge on any atom is 0.393 e. The van der Waals surface area contributed by atoms with Gasteiger partial charge in [0.05, 0.1) is 6.42 Å². The molecule has 0 radical (unpaired) electrons. The van der Waals surface area contributed by atoms with Gasteiger partial charge in [-0.2, -0.15) is 13.2 Å². The Balaban J connectivity index is 1.41. The smallest absolute Gasteiger partial charge is 0.328 e.